The van der Waals surface area contributed by atoms with Crippen molar-refractivity contribution in [1.82, 2.24) is 29.1 Å². The molecule has 31 heavy (non-hydrogen) atoms. The van der Waals surface area contributed by atoms with E-state index in [1.165, 1.54) is 0 Å². The van der Waals surface area contributed by atoms with Crippen molar-refractivity contribution in [3.8, 4) is 5.69 Å². The number of hydrogen-bond donors (Lipinski definition) is 1. The maximum atomic E-state index is 13.6. The molecule has 0 radical (unpaired) electrons. The molecule has 8 heteroatoms. The minimum Gasteiger partial charge on any atom is -0.317 e. The molecule has 8 nitrogen and oxygen atoms in total. The molecule has 0 saturated carbocycles. The quantitative estimate of drug-likeness (QED) is 0.491. The van der Waals surface area contributed by atoms with Gasteiger partial charge in [0.25, 0.3) is 11.1 Å². The van der Waals surface area contributed by atoms with Gasteiger partial charge in [-0.25, -0.2) is 15.0 Å². The largest absolute Gasteiger partial charge is 0.317 e. The lowest BCUT2D eigenvalue weighted by atomic mass is 10.1. The van der Waals surface area contributed by atoms with Crippen LogP contribution in [0.5, 0.6) is 0 Å². The summed E-state index contributed by atoms with van der Waals surface area (Å²) in [6.45, 7) is 5.77. The van der Waals surface area contributed by atoms with Crippen LogP contribution in [-0.2, 0) is 6.54 Å². The molecule has 3 aromatic heterocycles. The van der Waals surface area contributed by atoms with Crippen LogP contribution in [0.3, 0.4) is 0 Å². The van der Waals surface area contributed by atoms with Crippen LogP contribution < -0.4 is 11.1 Å². The normalized spacial score (nSPS) is 11.5. The van der Waals surface area contributed by atoms with Gasteiger partial charge in [0.2, 0.25) is 0 Å². The van der Waals surface area contributed by atoms with E-state index in [4.69, 9.17) is 4.98 Å². The SMILES string of the molecule is Cc1nc2ncn(Cc3nc4cccc(C)c4c(=O)n3-c3ccccc3C)c2c(=O)[nH]1. The van der Waals surface area contributed by atoms with Gasteiger partial charge < -0.3 is 9.55 Å². The maximum absolute atomic E-state index is 13.6. The number of rotatable bonds is 3. The summed E-state index contributed by atoms with van der Waals surface area (Å²) >= 11 is 0. The summed E-state index contributed by atoms with van der Waals surface area (Å²) in [6, 6.07) is 13.3. The van der Waals surface area contributed by atoms with Crippen molar-refractivity contribution in [1.29, 1.82) is 0 Å². The molecule has 3 heterocycles. The standard InChI is InChI=1S/C23H20N6O2/c1-13-7-4-5-10-17(13)29-18(27-16-9-6-8-14(2)19(16)23(29)31)11-28-12-24-21-20(28)22(30)26-15(3)25-21/h4-10,12H,11H2,1-3H3,(H,25,26,30). The van der Waals surface area contributed by atoms with Crippen LogP contribution in [0.1, 0.15) is 22.8 Å². The number of fused-ring (bicyclic) bond motifs is 2. The number of hydrogen-bond acceptors (Lipinski definition) is 5. The van der Waals surface area contributed by atoms with Crippen LogP contribution in [0.15, 0.2) is 58.4 Å². The van der Waals surface area contributed by atoms with E-state index in [0.717, 1.165) is 16.8 Å². The summed E-state index contributed by atoms with van der Waals surface area (Å²) in [5.74, 6) is 1.01. The van der Waals surface area contributed by atoms with E-state index in [0.29, 0.717) is 33.7 Å². The van der Waals surface area contributed by atoms with E-state index in [2.05, 4.69) is 15.0 Å². The van der Waals surface area contributed by atoms with Crippen molar-refractivity contribution in [2.24, 2.45) is 0 Å². The predicted octanol–water partition coefficient (Wildman–Crippen LogP) is 2.79. The van der Waals surface area contributed by atoms with Crippen molar-refractivity contribution in [2.45, 2.75) is 27.3 Å². The highest BCUT2D eigenvalue weighted by Crippen LogP contribution is 2.19. The second-order valence-electron chi connectivity index (χ2n) is 7.62. The van der Waals surface area contributed by atoms with E-state index < -0.39 is 0 Å². The molecule has 5 aromatic rings. The van der Waals surface area contributed by atoms with E-state index in [9.17, 15) is 9.59 Å². The van der Waals surface area contributed by atoms with Gasteiger partial charge in [0.1, 0.15) is 11.6 Å². The zero-order chi connectivity index (χ0) is 21.7. The Labute approximate surface area is 176 Å². The highest BCUT2D eigenvalue weighted by molar-refractivity contribution is 5.81. The van der Waals surface area contributed by atoms with Crippen LogP contribution in [0.25, 0.3) is 27.8 Å². The Morgan fingerprint density at radius 1 is 0.935 bits per heavy atom. The summed E-state index contributed by atoms with van der Waals surface area (Å²) in [4.78, 5) is 42.3. The fourth-order valence-corrected chi connectivity index (χ4v) is 3.98. The molecule has 0 saturated heterocycles. The van der Waals surface area contributed by atoms with Gasteiger partial charge in [-0.2, -0.15) is 0 Å². The zero-order valence-electron chi connectivity index (χ0n) is 17.4. The number of aromatic amines is 1. The first-order chi connectivity index (χ1) is 14.9. The topological polar surface area (TPSA) is 98.5 Å². The summed E-state index contributed by atoms with van der Waals surface area (Å²) in [5, 5.41) is 0.583. The lowest BCUT2D eigenvalue weighted by Gasteiger charge is -2.16. The van der Waals surface area contributed by atoms with Gasteiger partial charge in [-0.1, -0.05) is 30.3 Å². The van der Waals surface area contributed by atoms with Crippen LogP contribution >= 0.6 is 0 Å². The van der Waals surface area contributed by atoms with Crippen molar-refractivity contribution < 1.29 is 0 Å². The highest BCUT2D eigenvalue weighted by Gasteiger charge is 2.18. The number of nitrogens with zero attached hydrogens (tertiary/aromatic N) is 5. The number of H-pyrrole nitrogens is 1. The Balaban J connectivity index is 1.81. The third-order valence-corrected chi connectivity index (χ3v) is 5.45. The molecule has 5 rings (SSSR count). The molecule has 0 aliphatic rings. The van der Waals surface area contributed by atoms with E-state index in [1.54, 1.807) is 22.4 Å². The first-order valence-corrected chi connectivity index (χ1v) is 9.93. The minimum absolute atomic E-state index is 0.139. The first kappa shape index (κ1) is 18.9. The number of imidazole rings is 1. The molecule has 0 atom stereocenters. The van der Waals surface area contributed by atoms with Crippen LogP contribution in [0.2, 0.25) is 0 Å². The Bertz CT molecular complexity index is 1590. The maximum Gasteiger partial charge on any atom is 0.277 e. The minimum atomic E-state index is -0.276. The molecule has 154 valence electrons. The van der Waals surface area contributed by atoms with E-state index in [-0.39, 0.29) is 17.7 Å². The number of aromatic nitrogens is 6. The molecule has 0 bridgehead atoms. The zero-order valence-corrected chi connectivity index (χ0v) is 17.4. The summed E-state index contributed by atoms with van der Waals surface area (Å²) in [6.07, 6.45) is 1.56. The monoisotopic (exact) mass is 412 g/mol. The van der Waals surface area contributed by atoms with Crippen molar-refractivity contribution in [3.63, 3.8) is 0 Å². The Morgan fingerprint density at radius 3 is 2.52 bits per heavy atom. The van der Waals surface area contributed by atoms with Crippen LogP contribution in [0, 0.1) is 20.8 Å². The molecular weight excluding hydrogens is 392 g/mol. The van der Waals surface area contributed by atoms with E-state index in [1.807, 2.05) is 56.3 Å². The highest BCUT2D eigenvalue weighted by atomic mass is 16.1. The molecule has 0 unspecified atom stereocenters. The molecule has 2 aromatic carbocycles. The van der Waals surface area contributed by atoms with Gasteiger partial charge in [-0.3, -0.25) is 14.2 Å². The van der Waals surface area contributed by atoms with Gasteiger partial charge in [0.15, 0.2) is 11.2 Å². The summed E-state index contributed by atoms with van der Waals surface area (Å²) in [7, 11) is 0. The number of nitrogens with one attached hydrogen (secondary N) is 1. The van der Waals surface area contributed by atoms with Gasteiger partial charge in [-0.15, -0.1) is 0 Å². The van der Waals surface area contributed by atoms with Crippen molar-refractivity contribution in [3.05, 3.63) is 92.3 Å². The van der Waals surface area contributed by atoms with Crippen LogP contribution in [-0.4, -0.2) is 29.1 Å². The third-order valence-electron chi connectivity index (χ3n) is 5.45. The number of para-hydroxylation sites is 1. The summed E-state index contributed by atoms with van der Waals surface area (Å²) < 4.78 is 3.31. The molecular formula is C23H20N6O2. The second kappa shape index (κ2) is 7.02. The Kier molecular flexibility index (Phi) is 4.28. The molecule has 0 fully saturated rings. The second-order valence-corrected chi connectivity index (χ2v) is 7.62. The number of aryl methyl sites for hydroxylation is 3. The third kappa shape index (κ3) is 3.04. The predicted molar refractivity (Wildman–Crippen MR) is 119 cm³/mol. The average Bonchev–Trinajstić information content (AvgIpc) is 3.12. The molecule has 0 aliphatic carbocycles. The smallest absolute Gasteiger partial charge is 0.277 e. The number of benzene rings is 2. The van der Waals surface area contributed by atoms with Gasteiger partial charge >= 0.3 is 0 Å². The lowest BCUT2D eigenvalue weighted by molar-refractivity contribution is 0.719. The van der Waals surface area contributed by atoms with Gasteiger partial charge in [0.05, 0.1) is 29.5 Å². The molecule has 0 aliphatic heterocycles. The Morgan fingerprint density at radius 2 is 1.71 bits per heavy atom. The fourth-order valence-electron chi connectivity index (χ4n) is 3.98. The fraction of sp³-hybridized carbons (Fsp3) is 0.174. The van der Waals surface area contributed by atoms with Gasteiger partial charge in [0, 0.05) is 0 Å². The van der Waals surface area contributed by atoms with Gasteiger partial charge in [-0.05, 0) is 44.0 Å². The molecule has 1 N–H and O–H groups in total. The average molecular weight is 412 g/mol. The molecule has 0 spiro atoms. The first-order valence-electron chi connectivity index (χ1n) is 9.93. The van der Waals surface area contributed by atoms with Crippen LogP contribution in [0.4, 0.5) is 0 Å². The lowest BCUT2D eigenvalue weighted by Crippen LogP contribution is -2.27. The molecule has 0 amide bonds. The Hall–Kier alpha value is -4.07. The van der Waals surface area contributed by atoms with E-state index >= 15 is 0 Å². The van der Waals surface area contributed by atoms with Crippen molar-refractivity contribution >= 4 is 22.1 Å². The summed E-state index contributed by atoms with van der Waals surface area (Å²) in [5.41, 5.74) is 3.49. The van der Waals surface area contributed by atoms with Crippen molar-refractivity contribution in [2.75, 3.05) is 0 Å².